The molecule has 1 aliphatic rings. The summed E-state index contributed by atoms with van der Waals surface area (Å²) in [4.78, 5) is 0. The molecule has 78 valence electrons. The van der Waals surface area contributed by atoms with Gasteiger partial charge < -0.3 is 0 Å². The highest BCUT2D eigenvalue weighted by molar-refractivity contribution is 8.93. The molecule has 0 aromatic heterocycles. The lowest BCUT2D eigenvalue weighted by molar-refractivity contribution is 0.668. The molecule has 2 heteroatoms. The highest BCUT2D eigenvalue weighted by Gasteiger charge is 2.41. The van der Waals surface area contributed by atoms with Gasteiger partial charge in [0.25, 0.3) is 0 Å². The summed E-state index contributed by atoms with van der Waals surface area (Å²) in [5.41, 5.74) is 0. The predicted octanol–water partition coefficient (Wildman–Crippen LogP) is 3.58. The van der Waals surface area contributed by atoms with E-state index in [-0.39, 0.29) is 17.0 Å². The fraction of sp³-hybridized carbons (Fsp3) is 0.500. The number of rotatable bonds is 1. The van der Waals surface area contributed by atoms with Crippen LogP contribution in [0.15, 0.2) is 30.3 Å². The van der Waals surface area contributed by atoms with Crippen LogP contribution in [0.1, 0.15) is 13.3 Å². The second kappa shape index (κ2) is 4.77. The van der Waals surface area contributed by atoms with Crippen LogP contribution in [0.4, 0.5) is 0 Å². The molecular formula is C12H19BrP+. The molecule has 1 heterocycles. The molecule has 0 aliphatic carbocycles. The molecule has 0 nitrogen and oxygen atoms in total. The molecule has 1 aromatic rings. The zero-order chi connectivity index (χ0) is 9.31. The van der Waals surface area contributed by atoms with Crippen LogP contribution < -0.4 is 5.30 Å². The second-order valence-corrected chi connectivity index (χ2v) is 8.65. The number of halogens is 1. The number of hydrogen-bond acceptors (Lipinski definition) is 0. The molecule has 0 saturated carbocycles. The monoisotopic (exact) mass is 273 g/mol. The van der Waals surface area contributed by atoms with Crippen LogP contribution >= 0.6 is 24.2 Å². The first-order chi connectivity index (χ1) is 6.21. The lowest BCUT2D eigenvalue weighted by Gasteiger charge is -2.16. The standard InChI is InChI=1S/C12H18P.BrH/c1-11-8-9-13(2,10-11)12-6-4-3-5-7-12;/h3-7,11H,8-10H2,1-2H3;1H/q+1;. The summed E-state index contributed by atoms with van der Waals surface area (Å²) in [7, 11) is -0.729. The quantitative estimate of drug-likeness (QED) is 0.687. The Hall–Kier alpha value is 0.130. The van der Waals surface area contributed by atoms with Gasteiger partial charge in [-0.25, -0.2) is 0 Å². The Kier molecular flexibility index (Phi) is 4.15. The Morgan fingerprint density at radius 1 is 1.21 bits per heavy atom. The second-order valence-electron chi connectivity index (χ2n) is 4.53. The Morgan fingerprint density at radius 2 is 1.86 bits per heavy atom. The van der Waals surface area contributed by atoms with Gasteiger partial charge in [0.1, 0.15) is 0 Å². The highest BCUT2D eigenvalue weighted by atomic mass is 79.9. The van der Waals surface area contributed by atoms with Gasteiger partial charge in [-0.05, 0) is 24.5 Å². The van der Waals surface area contributed by atoms with Gasteiger partial charge in [0.15, 0.2) is 0 Å². The zero-order valence-electron chi connectivity index (χ0n) is 8.94. The van der Waals surface area contributed by atoms with Crippen LogP contribution in [0.3, 0.4) is 0 Å². The fourth-order valence-electron chi connectivity index (χ4n) is 2.40. The first-order valence-electron chi connectivity index (χ1n) is 5.11. The summed E-state index contributed by atoms with van der Waals surface area (Å²) in [6.45, 7) is 4.92. The van der Waals surface area contributed by atoms with Crippen molar-refractivity contribution in [2.24, 2.45) is 5.92 Å². The molecule has 14 heavy (non-hydrogen) atoms. The lowest BCUT2D eigenvalue weighted by atomic mass is 10.2. The lowest BCUT2D eigenvalue weighted by Crippen LogP contribution is -2.11. The van der Waals surface area contributed by atoms with E-state index in [4.69, 9.17) is 0 Å². The highest BCUT2D eigenvalue weighted by Crippen LogP contribution is 2.60. The zero-order valence-corrected chi connectivity index (χ0v) is 11.5. The van der Waals surface area contributed by atoms with Crippen LogP contribution in [0.5, 0.6) is 0 Å². The summed E-state index contributed by atoms with van der Waals surface area (Å²) in [5, 5.41) is 1.64. The Morgan fingerprint density at radius 3 is 2.36 bits per heavy atom. The van der Waals surface area contributed by atoms with Crippen LogP contribution in [0, 0.1) is 5.92 Å². The molecule has 0 N–H and O–H groups in total. The molecule has 1 aromatic carbocycles. The number of benzene rings is 1. The maximum absolute atomic E-state index is 2.52. The van der Waals surface area contributed by atoms with Crippen LogP contribution in [0.25, 0.3) is 0 Å². The summed E-state index contributed by atoms with van der Waals surface area (Å²) in [6.07, 6.45) is 4.38. The molecule has 2 rings (SSSR count). The third-order valence-electron chi connectivity index (χ3n) is 3.21. The van der Waals surface area contributed by atoms with Gasteiger partial charge in [0, 0.05) is 7.26 Å². The first-order valence-corrected chi connectivity index (χ1v) is 7.71. The van der Waals surface area contributed by atoms with Crippen molar-refractivity contribution in [1.29, 1.82) is 0 Å². The van der Waals surface area contributed by atoms with E-state index in [2.05, 4.69) is 43.9 Å². The molecule has 2 unspecified atom stereocenters. The summed E-state index contributed by atoms with van der Waals surface area (Å²) < 4.78 is 0. The van der Waals surface area contributed by atoms with E-state index in [0.717, 1.165) is 5.92 Å². The Bertz CT molecular complexity index is 286. The molecule has 1 saturated heterocycles. The van der Waals surface area contributed by atoms with Gasteiger partial charge in [0.2, 0.25) is 0 Å². The van der Waals surface area contributed by atoms with E-state index >= 15 is 0 Å². The maximum atomic E-state index is 2.52. The molecule has 0 radical (unpaired) electrons. The van der Waals surface area contributed by atoms with Crippen molar-refractivity contribution < 1.29 is 0 Å². The Balaban J connectivity index is 0.000000980. The minimum absolute atomic E-state index is 0. The molecule has 0 spiro atoms. The summed E-state index contributed by atoms with van der Waals surface area (Å²) in [5.74, 6) is 0.957. The minimum atomic E-state index is -0.729. The average molecular weight is 274 g/mol. The van der Waals surface area contributed by atoms with Crippen molar-refractivity contribution >= 4 is 29.5 Å². The topological polar surface area (TPSA) is 0 Å². The van der Waals surface area contributed by atoms with Gasteiger partial charge in [-0.2, -0.15) is 0 Å². The predicted molar refractivity (Wildman–Crippen MR) is 72.8 cm³/mol. The van der Waals surface area contributed by atoms with E-state index in [1.54, 1.807) is 5.30 Å². The van der Waals surface area contributed by atoms with Crippen molar-refractivity contribution in [1.82, 2.24) is 0 Å². The first kappa shape index (κ1) is 12.2. The fourth-order valence-corrected chi connectivity index (χ4v) is 6.51. The van der Waals surface area contributed by atoms with Gasteiger partial charge >= 0.3 is 0 Å². The van der Waals surface area contributed by atoms with Gasteiger partial charge in [-0.15, -0.1) is 17.0 Å². The van der Waals surface area contributed by atoms with Gasteiger partial charge in [-0.3, -0.25) is 0 Å². The van der Waals surface area contributed by atoms with Crippen LogP contribution in [-0.4, -0.2) is 19.0 Å². The molecule has 1 fully saturated rings. The molecule has 0 amide bonds. The van der Waals surface area contributed by atoms with Crippen molar-refractivity contribution in [3.05, 3.63) is 30.3 Å². The Labute approximate surface area is 98.2 Å². The number of hydrogen-bond donors (Lipinski definition) is 0. The van der Waals surface area contributed by atoms with Crippen molar-refractivity contribution in [2.45, 2.75) is 13.3 Å². The average Bonchev–Trinajstić information content (AvgIpc) is 2.49. The van der Waals surface area contributed by atoms with Crippen LogP contribution in [0.2, 0.25) is 0 Å². The third kappa shape index (κ3) is 2.38. The van der Waals surface area contributed by atoms with Crippen LogP contribution in [-0.2, 0) is 0 Å². The normalized spacial score (nSPS) is 31.1. The van der Waals surface area contributed by atoms with Crippen molar-refractivity contribution in [3.8, 4) is 0 Å². The molecule has 1 aliphatic heterocycles. The van der Waals surface area contributed by atoms with Crippen molar-refractivity contribution in [2.75, 3.05) is 19.0 Å². The van der Waals surface area contributed by atoms with Gasteiger partial charge in [-0.1, -0.05) is 25.1 Å². The summed E-state index contributed by atoms with van der Waals surface area (Å²) >= 11 is 0. The van der Waals surface area contributed by atoms with Gasteiger partial charge in [0.05, 0.1) is 24.3 Å². The third-order valence-corrected chi connectivity index (χ3v) is 7.43. The minimum Gasteiger partial charge on any atom is -0.114 e. The van der Waals surface area contributed by atoms with E-state index in [0.29, 0.717) is 0 Å². The SMILES string of the molecule is Br.CC1CC[P+](C)(c2ccccc2)C1. The van der Waals surface area contributed by atoms with E-state index < -0.39 is 7.26 Å². The summed E-state index contributed by atoms with van der Waals surface area (Å²) in [6, 6.07) is 11.1. The van der Waals surface area contributed by atoms with E-state index in [1.807, 2.05) is 0 Å². The van der Waals surface area contributed by atoms with E-state index in [9.17, 15) is 0 Å². The maximum Gasteiger partial charge on any atom is 0.0936 e. The largest absolute Gasteiger partial charge is 0.114 e. The molecular weight excluding hydrogens is 255 g/mol. The van der Waals surface area contributed by atoms with Crippen molar-refractivity contribution in [3.63, 3.8) is 0 Å². The smallest absolute Gasteiger partial charge is 0.0936 e. The van der Waals surface area contributed by atoms with E-state index in [1.165, 1.54) is 18.7 Å². The molecule has 2 atom stereocenters. The molecule has 0 bridgehead atoms.